The van der Waals surface area contributed by atoms with E-state index < -0.39 is 35.0 Å². The molecule has 0 saturated heterocycles. The number of ketones is 1. The number of carboxylic acids is 1. The van der Waals surface area contributed by atoms with Crippen LogP contribution in [0.3, 0.4) is 0 Å². The molecular weight excluding hydrogens is 564 g/mol. The molecule has 4 fully saturated rings. The number of aliphatic hydroxyl groups excluding tert-OH is 1. The Morgan fingerprint density at radius 2 is 1.71 bits per heavy atom. The largest absolute Gasteiger partial charge is 0.481 e. The Labute approximate surface area is 269 Å². The molecule has 6 rings (SSSR count). The maximum absolute atomic E-state index is 14.6. The molecule has 0 aromatic carbocycles. The summed E-state index contributed by atoms with van der Waals surface area (Å²) in [6.07, 6.45) is 16.8. The van der Waals surface area contributed by atoms with Crippen molar-refractivity contribution in [2.45, 2.75) is 118 Å². The number of fused-ring (bicyclic) bond motifs is 7. The van der Waals surface area contributed by atoms with E-state index in [1.165, 1.54) is 30.9 Å². The molecule has 246 valence electrons. The lowest BCUT2D eigenvalue weighted by Crippen LogP contribution is -2.68. The van der Waals surface area contributed by atoms with Gasteiger partial charge in [-0.25, -0.2) is 4.79 Å². The molecule has 6 aliphatic rings. The summed E-state index contributed by atoms with van der Waals surface area (Å²) < 4.78 is 5.96. The Morgan fingerprint density at radius 1 is 0.978 bits per heavy atom. The SMILES string of the molecule is C[C@@H]1CC[C@]2(C)CC[C@]3(C)C(=CC(=O)C4[C@@]5(C)CC[C@@H](OC(=O)/C=C/C6=CCC(O)C=C6)[C@](C)(C(=O)O)C5CC[C@]43C)C2[C@H]1C. The van der Waals surface area contributed by atoms with Gasteiger partial charge in [0.05, 0.1) is 6.10 Å². The summed E-state index contributed by atoms with van der Waals surface area (Å²) in [5.74, 6) is -0.331. The summed E-state index contributed by atoms with van der Waals surface area (Å²) in [6, 6.07) is 0. The molecule has 0 spiro atoms. The summed E-state index contributed by atoms with van der Waals surface area (Å²) in [5, 5.41) is 20.5. The van der Waals surface area contributed by atoms with Gasteiger partial charge in [-0.15, -0.1) is 0 Å². The smallest absolute Gasteiger partial charge is 0.331 e. The lowest BCUT2D eigenvalue weighted by molar-refractivity contribution is -0.220. The van der Waals surface area contributed by atoms with Gasteiger partial charge in [-0.1, -0.05) is 65.3 Å². The molecule has 6 aliphatic carbocycles. The number of aliphatic hydroxyl groups is 1. The van der Waals surface area contributed by atoms with E-state index in [-0.39, 0.29) is 33.9 Å². The van der Waals surface area contributed by atoms with E-state index in [4.69, 9.17) is 4.74 Å². The molecule has 12 atom stereocenters. The van der Waals surface area contributed by atoms with Gasteiger partial charge in [-0.2, -0.15) is 0 Å². The van der Waals surface area contributed by atoms with E-state index in [2.05, 4.69) is 47.6 Å². The van der Waals surface area contributed by atoms with Crippen molar-refractivity contribution in [1.82, 2.24) is 0 Å². The summed E-state index contributed by atoms with van der Waals surface area (Å²) in [4.78, 5) is 40.9. The van der Waals surface area contributed by atoms with Gasteiger partial charge in [0.2, 0.25) is 0 Å². The second-order valence-electron chi connectivity index (χ2n) is 17.0. The maximum atomic E-state index is 14.6. The number of aliphatic carboxylic acids is 1. The van der Waals surface area contributed by atoms with Crippen LogP contribution in [0.2, 0.25) is 0 Å². The van der Waals surface area contributed by atoms with Crippen molar-refractivity contribution in [2.24, 2.45) is 56.7 Å². The number of rotatable bonds is 4. The van der Waals surface area contributed by atoms with E-state index in [1.54, 1.807) is 25.2 Å². The first-order valence-corrected chi connectivity index (χ1v) is 17.5. The summed E-state index contributed by atoms with van der Waals surface area (Å²) >= 11 is 0. The molecule has 6 heteroatoms. The highest BCUT2D eigenvalue weighted by atomic mass is 16.5. The fourth-order valence-corrected chi connectivity index (χ4v) is 11.9. The topological polar surface area (TPSA) is 101 Å². The lowest BCUT2D eigenvalue weighted by Gasteiger charge is -2.70. The second kappa shape index (κ2) is 10.8. The van der Waals surface area contributed by atoms with Crippen LogP contribution in [0.25, 0.3) is 0 Å². The minimum atomic E-state index is -1.31. The van der Waals surface area contributed by atoms with Gasteiger partial charge in [0.15, 0.2) is 5.78 Å². The lowest BCUT2D eigenvalue weighted by atomic mass is 9.33. The van der Waals surface area contributed by atoms with Crippen molar-refractivity contribution in [3.05, 3.63) is 47.6 Å². The minimum Gasteiger partial charge on any atom is -0.481 e. The van der Waals surface area contributed by atoms with Crippen LogP contribution in [0.5, 0.6) is 0 Å². The van der Waals surface area contributed by atoms with E-state index in [0.717, 1.165) is 18.4 Å². The fraction of sp³-hybridized carbons (Fsp3) is 0.718. The normalized spacial score (nSPS) is 49.2. The van der Waals surface area contributed by atoms with Crippen LogP contribution in [-0.4, -0.2) is 40.1 Å². The highest BCUT2D eigenvalue weighted by Crippen LogP contribution is 2.75. The van der Waals surface area contributed by atoms with Crippen molar-refractivity contribution in [3.8, 4) is 0 Å². The molecule has 2 N–H and O–H groups in total. The highest BCUT2D eigenvalue weighted by Gasteiger charge is 2.72. The van der Waals surface area contributed by atoms with Crippen molar-refractivity contribution < 1.29 is 29.3 Å². The van der Waals surface area contributed by atoms with Crippen LogP contribution in [-0.2, 0) is 19.1 Å². The molecule has 0 amide bonds. The first-order chi connectivity index (χ1) is 21.0. The number of ether oxygens (including phenoxy) is 1. The van der Waals surface area contributed by atoms with E-state index in [1.807, 2.05) is 6.08 Å². The number of hydrogen-bond donors (Lipinski definition) is 2. The molecule has 4 saturated carbocycles. The van der Waals surface area contributed by atoms with Gasteiger partial charge in [-0.3, -0.25) is 9.59 Å². The number of carbonyl (C=O) groups is 3. The van der Waals surface area contributed by atoms with Crippen molar-refractivity contribution >= 4 is 17.7 Å². The minimum absolute atomic E-state index is 0.110. The molecule has 0 aromatic heterocycles. The van der Waals surface area contributed by atoms with Gasteiger partial charge in [-0.05, 0) is 128 Å². The molecule has 4 unspecified atom stereocenters. The van der Waals surface area contributed by atoms with Crippen molar-refractivity contribution in [2.75, 3.05) is 0 Å². The van der Waals surface area contributed by atoms with Crippen molar-refractivity contribution in [1.29, 1.82) is 0 Å². The van der Waals surface area contributed by atoms with Crippen LogP contribution in [0, 0.1) is 56.7 Å². The van der Waals surface area contributed by atoms with Gasteiger partial charge in [0, 0.05) is 12.0 Å². The Morgan fingerprint density at radius 3 is 2.38 bits per heavy atom. The molecule has 6 nitrogen and oxygen atoms in total. The van der Waals surface area contributed by atoms with Crippen LogP contribution >= 0.6 is 0 Å². The zero-order valence-corrected chi connectivity index (χ0v) is 28.4. The third-order valence-corrected chi connectivity index (χ3v) is 15.0. The molecule has 0 radical (unpaired) electrons. The second-order valence-corrected chi connectivity index (χ2v) is 17.0. The zero-order chi connectivity index (χ0) is 32.7. The molecule has 0 aliphatic heterocycles. The summed E-state index contributed by atoms with van der Waals surface area (Å²) in [6.45, 7) is 16.0. The third-order valence-electron chi connectivity index (χ3n) is 15.0. The van der Waals surface area contributed by atoms with Crippen LogP contribution in [0.1, 0.15) is 106 Å². The number of hydrogen-bond acceptors (Lipinski definition) is 5. The van der Waals surface area contributed by atoms with Gasteiger partial charge >= 0.3 is 11.9 Å². The molecule has 0 aromatic rings. The number of allylic oxidation sites excluding steroid dienone is 5. The molecule has 0 bridgehead atoms. The average molecular weight is 619 g/mol. The van der Waals surface area contributed by atoms with Crippen molar-refractivity contribution in [3.63, 3.8) is 0 Å². The Balaban J connectivity index is 1.32. The quantitative estimate of drug-likeness (QED) is 0.248. The Bertz CT molecular complexity index is 1400. The predicted octanol–water partition coefficient (Wildman–Crippen LogP) is 7.62. The van der Waals surface area contributed by atoms with E-state index in [0.29, 0.717) is 43.4 Å². The third kappa shape index (κ3) is 4.62. The number of carboxylic acid groups (broad SMARTS) is 1. The monoisotopic (exact) mass is 618 g/mol. The zero-order valence-electron chi connectivity index (χ0n) is 28.4. The van der Waals surface area contributed by atoms with Crippen LogP contribution < -0.4 is 0 Å². The summed E-state index contributed by atoms with van der Waals surface area (Å²) in [5.41, 5.74) is 0.210. The van der Waals surface area contributed by atoms with Gasteiger partial charge < -0.3 is 14.9 Å². The average Bonchev–Trinajstić information content (AvgIpc) is 2.97. The van der Waals surface area contributed by atoms with Crippen LogP contribution in [0.4, 0.5) is 0 Å². The van der Waals surface area contributed by atoms with Gasteiger partial charge in [0.25, 0.3) is 0 Å². The summed E-state index contributed by atoms with van der Waals surface area (Å²) in [7, 11) is 0. The number of carbonyl (C=O) groups excluding carboxylic acids is 2. The standard InChI is InChI=1S/C39H54O6/c1-23-14-17-35(3)20-21-37(5)27(32(35)24(23)2)22-28(41)33-36(4)18-16-30(39(7,34(43)44)29(36)15-19-38(33,37)6)45-31(42)13-10-25-8-11-26(40)12-9-25/h8-11,13,22-24,26,29-30,32-33,40H,12,14-21H2,1-7H3,(H,43,44)/b13-10+/t23-,24+,26?,29?,30-,32?,33?,35-,36+,37-,38-,39-/m1/s1. The highest BCUT2D eigenvalue weighted by molar-refractivity contribution is 5.96. The molecule has 0 heterocycles. The molecule has 45 heavy (non-hydrogen) atoms. The predicted molar refractivity (Wildman–Crippen MR) is 174 cm³/mol. The van der Waals surface area contributed by atoms with E-state index in [9.17, 15) is 24.6 Å². The molecular formula is C39H54O6. The first kappa shape index (κ1) is 32.5. The Kier molecular flexibility index (Phi) is 7.78. The Hall–Kier alpha value is -2.47. The van der Waals surface area contributed by atoms with Gasteiger partial charge in [0.1, 0.15) is 11.5 Å². The van der Waals surface area contributed by atoms with E-state index >= 15 is 0 Å². The maximum Gasteiger partial charge on any atom is 0.331 e. The number of esters is 1. The fourth-order valence-electron chi connectivity index (χ4n) is 11.9. The first-order valence-electron chi connectivity index (χ1n) is 17.5. The van der Waals surface area contributed by atoms with Crippen LogP contribution in [0.15, 0.2) is 47.6 Å².